The van der Waals surface area contributed by atoms with E-state index in [2.05, 4.69) is 0 Å². The standard InChI is InChI=1S/C10H16O2/c1-7-8(6-11)4-5-9(12)10(7,2)3/h6,9,12H,4-5H2,1-3H3. The van der Waals surface area contributed by atoms with Gasteiger partial charge in [0.2, 0.25) is 0 Å². The molecule has 0 radical (unpaired) electrons. The Bertz CT molecular complexity index is 226. The van der Waals surface area contributed by atoms with Gasteiger partial charge in [0.05, 0.1) is 6.10 Å². The predicted molar refractivity (Wildman–Crippen MR) is 47.8 cm³/mol. The Morgan fingerprint density at radius 3 is 2.67 bits per heavy atom. The maximum Gasteiger partial charge on any atom is 0.145 e. The van der Waals surface area contributed by atoms with Crippen LogP contribution in [0.25, 0.3) is 0 Å². The zero-order chi connectivity index (χ0) is 9.35. The first-order valence-corrected chi connectivity index (χ1v) is 4.33. The minimum atomic E-state index is -0.304. The lowest BCUT2D eigenvalue weighted by atomic mass is 9.71. The van der Waals surface area contributed by atoms with Gasteiger partial charge in [-0.25, -0.2) is 0 Å². The fourth-order valence-corrected chi connectivity index (χ4v) is 1.65. The zero-order valence-corrected chi connectivity index (χ0v) is 7.92. The SMILES string of the molecule is CC1=C(C=O)CCC(O)C1(C)C. The average Bonchev–Trinajstić information content (AvgIpc) is 2.02. The molecule has 0 aromatic carbocycles. The first-order valence-electron chi connectivity index (χ1n) is 4.33. The third-order valence-electron chi connectivity index (χ3n) is 3.11. The summed E-state index contributed by atoms with van der Waals surface area (Å²) in [6, 6.07) is 0. The lowest BCUT2D eigenvalue weighted by molar-refractivity contribution is -0.105. The van der Waals surface area contributed by atoms with E-state index in [9.17, 15) is 9.90 Å². The fraction of sp³-hybridized carbons (Fsp3) is 0.700. The third-order valence-corrected chi connectivity index (χ3v) is 3.11. The number of rotatable bonds is 1. The quantitative estimate of drug-likeness (QED) is 0.605. The summed E-state index contributed by atoms with van der Waals surface area (Å²) in [5.74, 6) is 0. The van der Waals surface area contributed by atoms with Crippen molar-refractivity contribution >= 4 is 6.29 Å². The van der Waals surface area contributed by atoms with Crippen LogP contribution in [0, 0.1) is 5.41 Å². The van der Waals surface area contributed by atoms with Crippen LogP contribution in [0.4, 0.5) is 0 Å². The molecule has 1 aliphatic carbocycles. The van der Waals surface area contributed by atoms with Gasteiger partial charge in [-0.3, -0.25) is 4.79 Å². The minimum absolute atomic E-state index is 0.228. The molecular weight excluding hydrogens is 152 g/mol. The zero-order valence-electron chi connectivity index (χ0n) is 7.92. The van der Waals surface area contributed by atoms with Crippen LogP contribution >= 0.6 is 0 Å². The summed E-state index contributed by atoms with van der Waals surface area (Å²) in [5.41, 5.74) is 1.68. The molecule has 68 valence electrons. The Kier molecular flexibility index (Phi) is 2.38. The van der Waals surface area contributed by atoms with Crippen LogP contribution in [-0.4, -0.2) is 17.5 Å². The summed E-state index contributed by atoms with van der Waals surface area (Å²) >= 11 is 0. The van der Waals surface area contributed by atoms with Gasteiger partial charge in [-0.15, -0.1) is 0 Å². The highest BCUT2D eigenvalue weighted by Crippen LogP contribution is 2.39. The van der Waals surface area contributed by atoms with Crippen molar-refractivity contribution in [2.75, 3.05) is 0 Å². The number of carbonyl (C=O) groups is 1. The molecule has 2 heteroatoms. The van der Waals surface area contributed by atoms with E-state index in [0.717, 1.165) is 23.9 Å². The van der Waals surface area contributed by atoms with Gasteiger partial charge in [-0.05, 0) is 25.3 Å². The Morgan fingerprint density at radius 1 is 1.58 bits per heavy atom. The molecule has 1 atom stereocenters. The van der Waals surface area contributed by atoms with E-state index in [1.807, 2.05) is 20.8 Å². The van der Waals surface area contributed by atoms with E-state index in [1.54, 1.807) is 0 Å². The van der Waals surface area contributed by atoms with Crippen LogP contribution in [0.2, 0.25) is 0 Å². The molecule has 0 aromatic heterocycles. The van der Waals surface area contributed by atoms with Crippen molar-refractivity contribution in [3.8, 4) is 0 Å². The van der Waals surface area contributed by atoms with Crippen molar-refractivity contribution in [3.05, 3.63) is 11.1 Å². The molecule has 1 aliphatic rings. The number of allylic oxidation sites excluding steroid dienone is 1. The molecule has 0 amide bonds. The van der Waals surface area contributed by atoms with E-state index in [4.69, 9.17) is 0 Å². The van der Waals surface area contributed by atoms with Crippen molar-refractivity contribution in [2.24, 2.45) is 5.41 Å². The van der Waals surface area contributed by atoms with Crippen molar-refractivity contribution in [2.45, 2.75) is 39.7 Å². The van der Waals surface area contributed by atoms with Crippen LogP contribution in [0.5, 0.6) is 0 Å². The summed E-state index contributed by atoms with van der Waals surface area (Å²) < 4.78 is 0. The second kappa shape index (κ2) is 3.02. The Labute approximate surface area is 73.3 Å². The molecule has 12 heavy (non-hydrogen) atoms. The van der Waals surface area contributed by atoms with E-state index >= 15 is 0 Å². The summed E-state index contributed by atoms with van der Waals surface area (Å²) in [7, 11) is 0. The molecule has 0 saturated carbocycles. The summed E-state index contributed by atoms with van der Waals surface area (Å²) in [4.78, 5) is 10.6. The van der Waals surface area contributed by atoms with Crippen LogP contribution in [0.1, 0.15) is 33.6 Å². The second-order valence-corrected chi connectivity index (χ2v) is 4.04. The predicted octanol–water partition coefficient (Wildman–Crippen LogP) is 1.68. The highest BCUT2D eigenvalue weighted by atomic mass is 16.3. The molecule has 0 spiro atoms. The number of aliphatic hydroxyl groups excluding tert-OH is 1. The highest BCUT2D eigenvalue weighted by Gasteiger charge is 2.34. The molecule has 0 aromatic rings. The van der Waals surface area contributed by atoms with E-state index in [-0.39, 0.29) is 11.5 Å². The third kappa shape index (κ3) is 1.31. The molecular formula is C10H16O2. The number of aldehydes is 1. The van der Waals surface area contributed by atoms with Gasteiger partial charge < -0.3 is 5.11 Å². The molecule has 2 nitrogen and oxygen atoms in total. The van der Waals surface area contributed by atoms with Crippen LogP contribution in [0.15, 0.2) is 11.1 Å². The van der Waals surface area contributed by atoms with Gasteiger partial charge in [0, 0.05) is 5.41 Å². The van der Waals surface area contributed by atoms with E-state index < -0.39 is 0 Å². The van der Waals surface area contributed by atoms with Gasteiger partial charge in [0.25, 0.3) is 0 Å². The summed E-state index contributed by atoms with van der Waals surface area (Å²) in [6.45, 7) is 5.90. The molecule has 0 bridgehead atoms. The van der Waals surface area contributed by atoms with Gasteiger partial charge in [0.1, 0.15) is 6.29 Å². The number of aliphatic hydroxyl groups is 1. The van der Waals surface area contributed by atoms with Crippen molar-refractivity contribution < 1.29 is 9.90 Å². The smallest absolute Gasteiger partial charge is 0.145 e. The largest absolute Gasteiger partial charge is 0.392 e. The Balaban J connectivity index is 3.05. The van der Waals surface area contributed by atoms with E-state index in [0.29, 0.717) is 6.42 Å². The number of carbonyl (C=O) groups excluding carboxylic acids is 1. The fourth-order valence-electron chi connectivity index (χ4n) is 1.65. The van der Waals surface area contributed by atoms with Gasteiger partial charge in [-0.1, -0.05) is 19.4 Å². The topological polar surface area (TPSA) is 37.3 Å². The molecule has 0 heterocycles. The van der Waals surface area contributed by atoms with Crippen LogP contribution < -0.4 is 0 Å². The van der Waals surface area contributed by atoms with E-state index in [1.165, 1.54) is 0 Å². The normalized spacial score (nSPS) is 28.8. The van der Waals surface area contributed by atoms with Gasteiger partial charge >= 0.3 is 0 Å². The molecule has 0 saturated heterocycles. The first kappa shape index (κ1) is 9.46. The first-order chi connectivity index (χ1) is 5.50. The van der Waals surface area contributed by atoms with Crippen molar-refractivity contribution in [1.29, 1.82) is 0 Å². The number of hydrogen-bond donors (Lipinski definition) is 1. The summed E-state index contributed by atoms with van der Waals surface area (Å²) in [5, 5.41) is 9.67. The number of hydrogen-bond acceptors (Lipinski definition) is 2. The maximum absolute atomic E-state index is 10.6. The minimum Gasteiger partial charge on any atom is -0.392 e. The highest BCUT2D eigenvalue weighted by molar-refractivity contribution is 5.75. The molecule has 1 rings (SSSR count). The van der Waals surface area contributed by atoms with Gasteiger partial charge in [0.15, 0.2) is 0 Å². The Hall–Kier alpha value is -0.630. The molecule has 1 N–H and O–H groups in total. The molecule has 1 unspecified atom stereocenters. The second-order valence-electron chi connectivity index (χ2n) is 4.04. The monoisotopic (exact) mass is 168 g/mol. The summed E-state index contributed by atoms with van der Waals surface area (Å²) in [6.07, 6.45) is 2.04. The van der Waals surface area contributed by atoms with Crippen molar-refractivity contribution in [3.63, 3.8) is 0 Å². The van der Waals surface area contributed by atoms with Crippen LogP contribution in [0.3, 0.4) is 0 Å². The molecule has 0 aliphatic heterocycles. The lowest BCUT2D eigenvalue weighted by Crippen LogP contribution is -2.34. The molecule has 0 fully saturated rings. The maximum atomic E-state index is 10.6. The van der Waals surface area contributed by atoms with Gasteiger partial charge in [-0.2, -0.15) is 0 Å². The van der Waals surface area contributed by atoms with Crippen LogP contribution in [-0.2, 0) is 4.79 Å². The Morgan fingerprint density at radius 2 is 2.17 bits per heavy atom. The lowest BCUT2D eigenvalue weighted by Gasteiger charge is -2.36. The van der Waals surface area contributed by atoms with Crippen molar-refractivity contribution in [1.82, 2.24) is 0 Å². The average molecular weight is 168 g/mol.